The Morgan fingerprint density at radius 3 is 2.95 bits per heavy atom. The van der Waals surface area contributed by atoms with E-state index in [0.29, 0.717) is 5.95 Å². The van der Waals surface area contributed by atoms with Gasteiger partial charge in [0.2, 0.25) is 5.95 Å². The Kier molecular flexibility index (Phi) is 3.40. The summed E-state index contributed by atoms with van der Waals surface area (Å²) in [5, 5.41) is 8.86. The smallest absolute Gasteiger partial charge is 0.243 e. The number of aromatic nitrogens is 4. The van der Waals surface area contributed by atoms with E-state index in [1.165, 1.54) is 4.88 Å². The average Bonchev–Trinajstić information content (AvgIpc) is 3.05. The highest BCUT2D eigenvalue weighted by atomic mass is 32.1. The van der Waals surface area contributed by atoms with Gasteiger partial charge in [-0.2, -0.15) is 4.98 Å². The maximum Gasteiger partial charge on any atom is 0.243 e. The normalized spacial score (nSPS) is 12.8. The fraction of sp³-hybridized carbons (Fsp3) is 0.357. The van der Waals surface area contributed by atoms with E-state index in [-0.39, 0.29) is 6.04 Å². The van der Waals surface area contributed by atoms with Crippen LogP contribution in [0, 0.1) is 6.92 Å². The topological polar surface area (TPSA) is 55.1 Å². The number of pyridine rings is 1. The molecule has 0 aliphatic carbocycles. The molecule has 3 heterocycles. The summed E-state index contributed by atoms with van der Waals surface area (Å²) in [6, 6.07) is 6.07. The molecule has 0 aromatic carbocycles. The van der Waals surface area contributed by atoms with E-state index in [4.69, 9.17) is 0 Å². The zero-order chi connectivity index (χ0) is 14.1. The number of thiazole rings is 1. The Labute approximate surface area is 121 Å². The van der Waals surface area contributed by atoms with Crippen LogP contribution in [0.1, 0.15) is 35.5 Å². The van der Waals surface area contributed by atoms with Gasteiger partial charge >= 0.3 is 0 Å². The summed E-state index contributed by atoms with van der Waals surface area (Å²) >= 11 is 1.73. The quantitative estimate of drug-likeness (QED) is 0.800. The standard InChI is InChI=1S/C14H17N5S/c1-4-11-8-15-13(20-11)10(3)16-14-17-12-7-5-6-9(2)19(12)18-14/h5-8,10H,4H2,1-3H3,(H,16,18). The van der Waals surface area contributed by atoms with Crippen LogP contribution in [0.2, 0.25) is 0 Å². The van der Waals surface area contributed by atoms with Crippen LogP contribution in [0.25, 0.3) is 5.65 Å². The Balaban J connectivity index is 1.83. The largest absolute Gasteiger partial charge is 0.344 e. The van der Waals surface area contributed by atoms with Crippen LogP contribution in [0.4, 0.5) is 5.95 Å². The molecule has 0 spiro atoms. The summed E-state index contributed by atoms with van der Waals surface area (Å²) in [4.78, 5) is 10.2. The van der Waals surface area contributed by atoms with E-state index in [9.17, 15) is 0 Å². The molecule has 3 rings (SSSR count). The highest BCUT2D eigenvalue weighted by molar-refractivity contribution is 7.11. The van der Waals surface area contributed by atoms with Crippen LogP contribution in [-0.4, -0.2) is 19.6 Å². The minimum atomic E-state index is 0.109. The maximum absolute atomic E-state index is 4.48. The predicted molar refractivity (Wildman–Crippen MR) is 81.3 cm³/mol. The van der Waals surface area contributed by atoms with E-state index >= 15 is 0 Å². The first-order chi connectivity index (χ1) is 9.67. The van der Waals surface area contributed by atoms with Gasteiger partial charge in [-0.15, -0.1) is 16.4 Å². The average molecular weight is 287 g/mol. The van der Waals surface area contributed by atoms with Gasteiger partial charge in [0.05, 0.1) is 6.04 Å². The summed E-state index contributed by atoms with van der Waals surface area (Å²) < 4.78 is 1.84. The van der Waals surface area contributed by atoms with Crippen molar-refractivity contribution in [3.8, 4) is 0 Å². The molecule has 0 aliphatic rings. The molecule has 6 heteroatoms. The van der Waals surface area contributed by atoms with Crippen LogP contribution in [0.3, 0.4) is 0 Å². The van der Waals surface area contributed by atoms with Crippen LogP contribution in [0.15, 0.2) is 24.4 Å². The molecule has 0 radical (unpaired) electrons. The SMILES string of the molecule is CCc1cnc(C(C)Nc2nc3cccc(C)n3n2)s1. The van der Waals surface area contributed by atoms with Gasteiger partial charge in [0, 0.05) is 16.8 Å². The Hall–Kier alpha value is -1.95. The van der Waals surface area contributed by atoms with Crippen molar-refractivity contribution in [2.24, 2.45) is 0 Å². The third-order valence-electron chi connectivity index (χ3n) is 3.18. The third kappa shape index (κ3) is 2.38. The van der Waals surface area contributed by atoms with Crippen molar-refractivity contribution < 1.29 is 0 Å². The maximum atomic E-state index is 4.48. The molecule has 1 N–H and O–H groups in total. The number of hydrogen-bond acceptors (Lipinski definition) is 5. The number of nitrogens with zero attached hydrogens (tertiary/aromatic N) is 4. The lowest BCUT2D eigenvalue weighted by atomic mass is 10.3. The van der Waals surface area contributed by atoms with E-state index in [2.05, 4.69) is 34.2 Å². The van der Waals surface area contributed by atoms with E-state index in [1.807, 2.05) is 35.8 Å². The first-order valence-corrected chi connectivity index (χ1v) is 7.52. The highest BCUT2D eigenvalue weighted by Crippen LogP contribution is 2.23. The van der Waals surface area contributed by atoms with Gasteiger partial charge in [0.1, 0.15) is 5.01 Å². The van der Waals surface area contributed by atoms with Crippen molar-refractivity contribution in [2.75, 3.05) is 5.32 Å². The Bertz CT molecular complexity index is 730. The van der Waals surface area contributed by atoms with Gasteiger partial charge in [-0.3, -0.25) is 0 Å². The molecule has 5 nitrogen and oxygen atoms in total. The van der Waals surface area contributed by atoms with Crippen LogP contribution < -0.4 is 5.32 Å². The number of rotatable bonds is 4. The third-order valence-corrected chi connectivity index (χ3v) is 4.51. The van der Waals surface area contributed by atoms with Gasteiger partial charge in [0.15, 0.2) is 5.65 Å². The predicted octanol–water partition coefficient (Wildman–Crippen LogP) is 3.23. The second-order valence-electron chi connectivity index (χ2n) is 4.76. The number of fused-ring (bicyclic) bond motifs is 1. The highest BCUT2D eigenvalue weighted by Gasteiger charge is 2.13. The fourth-order valence-electron chi connectivity index (χ4n) is 2.04. The molecular formula is C14H17N5S. The van der Waals surface area contributed by atoms with Crippen molar-refractivity contribution >= 4 is 22.9 Å². The lowest BCUT2D eigenvalue weighted by molar-refractivity contribution is 0.836. The monoisotopic (exact) mass is 287 g/mol. The molecule has 0 saturated carbocycles. The van der Waals surface area contributed by atoms with Crippen molar-refractivity contribution in [1.29, 1.82) is 0 Å². The van der Waals surface area contributed by atoms with Crippen molar-refractivity contribution in [3.05, 3.63) is 40.0 Å². The number of hydrogen-bond donors (Lipinski definition) is 1. The van der Waals surface area contributed by atoms with Gasteiger partial charge in [-0.25, -0.2) is 9.50 Å². The molecule has 0 amide bonds. The first-order valence-electron chi connectivity index (χ1n) is 6.71. The summed E-state index contributed by atoms with van der Waals surface area (Å²) in [5.74, 6) is 0.639. The zero-order valence-corrected chi connectivity index (χ0v) is 12.6. The first kappa shape index (κ1) is 13.1. The van der Waals surface area contributed by atoms with E-state index in [0.717, 1.165) is 22.8 Å². The van der Waals surface area contributed by atoms with Gasteiger partial charge < -0.3 is 5.32 Å². The minimum absolute atomic E-state index is 0.109. The second kappa shape index (κ2) is 5.20. The lowest BCUT2D eigenvalue weighted by Crippen LogP contribution is -2.07. The van der Waals surface area contributed by atoms with E-state index in [1.54, 1.807) is 11.3 Å². The number of aryl methyl sites for hydroxylation is 2. The summed E-state index contributed by atoms with van der Waals surface area (Å²) in [5.41, 5.74) is 1.92. The molecule has 3 aromatic heterocycles. The summed E-state index contributed by atoms with van der Waals surface area (Å²) in [7, 11) is 0. The van der Waals surface area contributed by atoms with Crippen molar-refractivity contribution in [3.63, 3.8) is 0 Å². The van der Waals surface area contributed by atoms with Crippen molar-refractivity contribution in [1.82, 2.24) is 19.6 Å². The molecule has 3 aromatic rings. The molecule has 20 heavy (non-hydrogen) atoms. The Morgan fingerprint density at radius 1 is 1.40 bits per heavy atom. The van der Waals surface area contributed by atoms with Gasteiger partial charge in [0.25, 0.3) is 0 Å². The lowest BCUT2D eigenvalue weighted by Gasteiger charge is -2.08. The molecule has 0 aliphatic heterocycles. The number of anilines is 1. The minimum Gasteiger partial charge on any atom is -0.344 e. The zero-order valence-electron chi connectivity index (χ0n) is 11.8. The van der Waals surface area contributed by atoms with Crippen LogP contribution in [-0.2, 0) is 6.42 Å². The number of nitrogens with one attached hydrogen (secondary N) is 1. The molecule has 1 atom stereocenters. The molecule has 0 fully saturated rings. The van der Waals surface area contributed by atoms with Crippen LogP contribution >= 0.6 is 11.3 Å². The van der Waals surface area contributed by atoms with E-state index < -0.39 is 0 Å². The second-order valence-corrected chi connectivity index (χ2v) is 5.90. The van der Waals surface area contributed by atoms with Gasteiger partial charge in [-0.05, 0) is 32.4 Å². The molecule has 0 bridgehead atoms. The summed E-state index contributed by atoms with van der Waals surface area (Å²) in [6.07, 6.45) is 2.97. The molecule has 104 valence electrons. The Morgan fingerprint density at radius 2 is 2.25 bits per heavy atom. The van der Waals surface area contributed by atoms with Crippen molar-refractivity contribution in [2.45, 2.75) is 33.2 Å². The molecule has 1 unspecified atom stereocenters. The van der Waals surface area contributed by atoms with Gasteiger partial charge in [-0.1, -0.05) is 13.0 Å². The molecular weight excluding hydrogens is 270 g/mol. The summed E-state index contributed by atoms with van der Waals surface area (Å²) in [6.45, 7) is 6.24. The molecule has 0 saturated heterocycles. The fourth-order valence-corrected chi connectivity index (χ4v) is 2.90. The van der Waals surface area contributed by atoms with Crippen LogP contribution in [0.5, 0.6) is 0 Å².